The summed E-state index contributed by atoms with van der Waals surface area (Å²) in [5, 5.41) is 0. The van der Waals surface area contributed by atoms with Crippen LogP contribution in [0.25, 0.3) is 0 Å². The summed E-state index contributed by atoms with van der Waals surface area (Å²) >= 11 is 0. The fourth-order valence-electron chi connectivity index (χ4n) is 1.63. The SMILES string of the molecule is CCCCCC(CCC)C(=O)OCC.Cl. The maximum absolute atomic E-state index is 11.5. The normalized spacial score (nSPS) is 11.7. The Morgan fingerprint density at radius 1 is 1.07 bits per heavy atom. The molecule has 0 fully saturated rings. The molecule has 0 aliphatic carbocycles. The van der Waals surface area contributed by atoms with Gasteiger partial charge in [-0.05, 0) is 19.8 Å². The quantitative estimate of drug-likeness (QED) is 0.471. The molecule has 0 spiro atoms. The maximum atomic E-state index is 11.5. The first-order valence-corrected chi connectivity index (χ1v) is 5.92. The number of carbonyl (C=O) groups excluding carboxylic acids is 1. The van der Waals surface area contributed by atoms with Gasteiger partial charge in [0.1, 0.15) is 0 Å². The molecule has 0 saturated carbocycles. The van der Waals surface area contributed by atoms with Crippen LogP contribution < -0.4 is 0 Å². The summed E-state index contributed by atoms with van der Waals surface area (Å²) in [4.78, 5) is 11.5. The van der Waals surface area contributed by atoms with Gasteiger partial charge in [-0.15, -0.1) is 12.4 Å². The minimum Gasteiger partial charge on any atom is -0.466 e. The fraction of sp³-hybridized carbons (Fsp3) is 0.917. The van der Waals surface area contributed by atoms with Crippen LogP contribution in [-0.2, 0) is 9.53 Å². The number of halogens is 1. The third kappa shape index (κ3) is 8.73. The number of esters is 1. The van der Waals surface area contributed by atoms with Crippen LogP contribution in [0.15, 0.2) is 0 Å². The summed E-state index contributed by atoms with van der Waals surface area (Å²) in [6, 6.07) is 0. The van der Waals surface area contributed by atoms with E-state index < -0.39 is 0 Å². The standard InChI is InChI=1S/C12H24O2.ClH/c1-4-7-8-10-11(9-5-2)12(13)14-6-3;/h11H,4-10H2,1-3H3;1H. The Labute approximate surface area is 100 Å². The highest BCUT2D eigenvalue weighted by molar-refractivity contribution is 5.85. The third-order valence-electron chi connectivity index (χ3n) is 2.41. The summed E-state index contributed by atoms with van der Waals surface area (Å²) in [6.07, 6.45) is 6.62. The van der Waals surface area contributed by atoms with Crippen molar-refractivity contribution in [1.82, 2.24) is 0 Å². The first-order valence-electron chi connectivity index (χ1n) is 5.92. The molecule has 0 saturated heterocycles. The van der Waals surface area contributed by atoms with Crippen molar-refractivity contribution in [3.05, 3.63) is 0 Å². The fourth-order valence-corrected chi connectivity index (χ4v) is 1.63. The van der Waals surface area contributed by atoms with Gasteiger partial charge in [0, 0.05) is 0 Å². The number of hydrogen-bond acceptors (Lipinski definition) is 2. The van der Waals surface area contributed by atoms with Crippen molar-refractivity contribution in [2.75, 3.05) is 6.61 Å². The zero-order valence-electron chi connectivity index (χ0n) is 10.3. The van der Waals surface area contributed by atoms with Gasteiger partial charge in [0.05, 0.1) is 12.5 Å². The lowest BCUT2D eigenvalue weighted by Gasteiger charge is -2.13. The summed E-state index contributed by atoms with van der Waals surface area (Å²) in [5.74, 6) is 0.150. The Hall–Kier alpha value is -0.240. The first-order chi connectivity index (χ1) is 6.76. The van der Waals surface area contributed by atoms with E-state index in [4.69, 9.17) is 4.74 Å². The highest BCUT2D eigenvalue weighted by atomic mass is 35.5. The molecule has 0 aromatic heterocycles. The van der Waals surface area contributed by atoms with Crippen LogP contribution in [0.2, 0.25) is 0 Å². The Morgan fingerprint density at radius 2 is 1.73 bits per heavy atom. The molecule has 0 aliphatic rings. The largest absolute Gasteiger partial charge is 0.466 e. The van der Waals surface area contributed by atoms with Crippen LogP contribution >= 0.6 is 12.4 Å². The van der Waals surface area contributed by atoms with E-state index in [1.807, 2.05) is 6.92 Å². The molecule has 0 rings (SSSR count). The minimum atomic E-state index is 0. The maximum Gasteiger partial charge on any atom is 0.308 e. The van der Waals surface area contributed by atoms with E-state index in [1.54, 1.807) is 0 Å². The lowest BCUT2D eigenvalue weighted by Crippen LogP contribution is -2.17. The van der Waals surface area contributed by atoms with Crippen molar-refractivity contribution < 1.29 is 9.53 Å². The molecular formula is C12H25ClO2. The van der Waals surface area contributed by atoms with E-state index in [2.05, 4.69) is 13.8 Å². The van der Waals surface area contributed by atoms with Crippen LogP contribution in [0.1, 0.15) is 59.3 Å². The summed E-state index contributed by atoms with van der Waals surface area (Å²) in [5.41, 5.74) is 0. The minimum absolute atomic E-state index is 0. The van der Waals surface area contributed by atoms with E-state index in [0.29, 0.717) is 6.61 Å². The van der Waals surface area contributed by atoms with Crippen LogP contribution in [0, 0.1) is 5.92 Å². The lowest BCUT2D eigenvalue weighted by atomic mass is 9.97. The Bertz CT molecular complexity index is 149. The van der Waals surface area contributed by atoms with Gasteiger partial charge in [0.2, 0.25) is 0 Å². The van der Waals surface area contributed by atoms with Crippen LogP contribution in [0.4, 0.5) is 0 Å². The molecule has 1 atom stereocenters. The summed E-state index contributed by atoms with van der Waals surface area (Å²) in [7, 11) is 0. The van der Waals surface area contributed by atoms with Gasteiger partial charge in [0.15, 0.2) is 0 Å². The Balaban J connectivity index is 0. The molecule has 0 aromatic carbocycles. The third-order valence-corrected chi connectivity index (χ3v) is 2.41. The van der Waals surface area contributed by atoms with Gasteiger partial charge in [-0.25, -0.2) is 0 Å². The van der Waals surface area contributed by atoms with Crippen molar-refractivity contribution in [2.45, 2.75) is 59.3 Å². The molecule has 2 nitrogen and oxygen atoms in total. The van der Waals surface area contributed by atoms with Crippen LogP contribution in [0.5, 0.6) is 0 Å². The average Bonchev–Trinajstić information content (AvgIpc) is 2.17. The van der Waals surface area contributed by atoms with Gasteiger partial charge >= 0.3 is 5.97 Å². The van der Waals surface area contributed by atoms with Gasteiger partial charge in [-0.3, -0.25) is 4.79 Å². The first kappa shape index (κ1) is 17.2. The van der Waals surface area contributed by atoms with E-state index in [-0.39, 0.29) is 24.3 Å². The molecule has 0 bridgehead atoms. The Kier molecular flexibility index (Phi) is 13.5. The highest BCUT2D eigenvalue weighted by Gasteiger charge is 2.17. The van der Waals surface area contributed by atoms with Gasteiger partial charge < -0.3 is 4.74 Å². The number of rotatable bonds is 8. The molecule has 0 aromatic rings. The smallest absolute Gasteiger partial charge is 0.308 e. The van der Waals surface area contributed by atoms with E-state index in [9.17, 15) is 4.79 Å². The molecule has 15 heavy (non-hydrogen) atoms. The van der Waals surface area contributed by atoms with E-state index in [0.717, 1.165) is 25.7 Å². The predicted molar refractivity (Wildman–Crippen MR) is 66.4 cm³/mol. The zero-order valence-corrected chi connectivity index (χ0v) is 11.1. The second-order valence-corrected chi connectivity index (χ2v) is 3.73. The molecule has 0 aliphatic heterocycles. The lowest BCUT2D eigenvalue weighted by molar-refractivity contribution is -0.148. The predicted octanol–water partition coefficient (Wildman–Crippen LogP) is 3.97. The van der Waals surface area contributed by atoms with Crippen molar-refractivity contribution in [3.8, 4) is 0 Å². The number of hydrogen-bond donors (Lipinski definition) is 0. The summed E-state index contributed by atoms with van der Waals surface area (Å²) < 4.78 is 5.05. The number of unbranched alkanes of at least 4 members (excludes halogenated alkanes) is 2. The second kappa shape index (κ2) is 11.8. The van der Waals surface area contributed by atoms with Crippen molar-refractivity contribution in [2.24, 2.45) is 5.92 Å². The zero-order chi connectivity index (χ0) is 10.8. The van der Waals surface area contributed by atoms with Crippen LogP contribution in [0.3, 0.4) is 0 Å². The molecule has 1 unspecified atom stereocenters. The number of ether oxygens (including phenoxy) is 1. The van der Waals surface area contributed by atoms with E-state index >= 15 is 0 Å². The average molecular weight is 237 g/mol. The van der Waals surface area contributed by atoms with Gasteiger partial charge in [0.25, 0.3) is 0 Å². The second-order valence-electron chi connectivity index (χ2n) is 3.73. The Morgan fingerprint density at radius 3 is 2.20 bits per heavy atom. The topological polar surface area (TPSA) is 26.3 Å². The van der Waals surface area contributed by atoms with E-state index in [1.165, 1.54) is 12.8 Å². The monoisotopic (exact) mass is 236 g/mol. The summed E-state index contributed by atoms with van der Waals surface area (Å²) in [6.45, 7) is 6.67. The molecule has 92 valence electrons. The van der Waals surface area contributed by atoms with Gasteiger partial charge in [-0.2, -0.15) is 0 Å². The molecule has 0 radical (unpaired) electrons. The van der Waals surface area contributed by atoms with Crippen molar-refractivity contribution in [3.63, 3.8) is 0 Å². The number of carbonyl (C=O) groups is 1. The van der Waals surface area contributed by atoms with Crippen molar-refractivity contribution in [1.29, 1.82) is 0 Å². The van der Waals surface area contributed by atoms with Crippen LogP contribution in [-0.4, -0.2) is 12.6 Å². The molecule has 3 heteroatoms. The van der Waals surface area contributed by atoms with Crippen molar-refractivity contribution >= 4 is 18.4 Å². The molecule has 0 amide bonds. The molecule has 0 N–H and O–H groups in total. The molecule has 0 heterocycles. The molecular weight excluding hydrogens is 212 g/mol. The highest BCUT2D eigenvalue weighted by Crippen LogP contribution is 2.17. The van der Waals surface area contributed by atoms with Gasteiger partial charge in [-0.1, -0.05) is 39.5 Å².